The van der Waals surface area contributed by atoms with Crippen molar-refractivity contribution in [3.05, 3.63) is 35.9 Å². The van der Waals surface area contributed by atoms with Crippen LogP contribution in [-0.4, -0.2) is 27.3 Å². The molecule has 0 bridgehead atoms. The third-order valence-electron chi connectivity index (χ3n) is 2.97. The van der Waals surface area contributed by atoms with E-state index < -0.39 is 0 Å². The van der Waals surface area contributed by atoms with Gasteiger partial charge in [-0.2, -0.15) is 0 Å². The second-order valence-electron chi connectivity index (χ2n) is 4.16. The molecule has 0 saturated carbocycles. The quantitative estimate of drug-likeness (QED) is 0.850. The van der Waals surface area contributed by atoms with Crippen molar-refractivity contribution < 1.29 is 4.79 Å². The molecule has 1 fully saturated rings. The number of nitrogens with zero attached hydrogens (tertiary/aromatic N) is 1. The fraction of sp³-hybridized carbons (Fsp3) is 0.462. The lowest BCUT2D eigenvalue weighted by molar-refractivity contribution is -0.131. The Kier molecular flexibility index (Phi) is 4.40. The molecule has 1 saturated heterocycles. The Hall–Kier alpha value is -0.610. The number of amides is 1. The van der Waals surface area contributed by atoms with Crippen molar-refractivity contribution >= 4 is 30.3 Å². The van der Waals surface area contributed by atoms with Gasteiger partial charge >= 0.3 is 0 Å². The fourth-order valence-corrected chi connectivity index (χ4v) is 3.79. The standard InChI is InChI=1S/C13H17NOS2/c1-2-12(15)14-11(9-17-13(14)16)8-10-6-4-3-5-7-10/h3-7,11,13,16H,2,8-9H2,1H3/t11-,13?/m0/s1. The first kappa shape index (κ1) is 12.8. The number of rotatable bonds is 3. The van der Waals surface area contributed by atoms with Crippen LogP contribution in [0, 0.1) is 0 Å². The van der Waals surface area contributed by atoms with Crippen LogP contribution < -0.4 is 0 Å². The smallest absolute Gasteiger partial charge is 0.224 e. The third kappa shape index (κ3) is 2.99. The molecule has 1 aromatic carbocycles. The van der Waals surface area contributed by atoms with E-state index in [1.54, 1.807) is 11.8 Å². The highest BCUT2D eigenvalue weighted by molar-refractivity contribution is 8.10. The molecular weight excluding hydrogens is 250 g/mol. The molecule has 4 heteroatoms. The van der Waals surface area contributed by atoms with E-state index >= 15 is 0 Å². The minimum atomic E-state index is 0.0242. The molecule has 0 aliphatic carbocycles. The minimum absolute atomic E-state index is 0.0242. The third-order valence-corrected chi connectivity index (χ3v) is 4.77. The van der Waals surface area contributed by atoms with Crippen molar-refractivity contribution in [3.8, 4) is 0 Å². The van der Waals surface area contributed by atoms with Crippen LogP contribution in [0.25, 0.3) is 0 Å². The summed E-state index contributed by atoms with van der Waals surface area (Å²) in [6.45, 7) is 1.91. The highest BCUT2D eigenvalue weighted by atomic mass is 32.2. The Balaban J connectivity index is 2.07. The molecule has 1 heterocycles. The van der Waals surface area contributed by atoms with E-state index in [-0.39, 0.29) is 16.7 Å². The number of benzene rings is 1. The molecule has 1 amide bonds. The highest BCUT2D eigenvalue weighted by Gasteiger charge is 2.34. The predicted octanol–water partition coefficient (Wildman–Crippen LogP) is 2.80. The molecular formula is C13H17NOS2. The van der Waals surface area contributed by atoms with Crippen LogP contribution in [0.1, 0.15) is 18.9 Å². The summed E-state index contributed by atoms with van der Waals surface area (Å²) in [6, 6.07) is 10.6. The van der Waals surface area contributed by atoms with Crippen LogP contribution in [0.2, 0.25) is 0 Å². The maximum Gasteiger partial charge on any atom is 0.224 e. The summed E-state index contributed by atoms with van der Waals surface area (Å²) >= 11 is 6.22. The molecule has 92 valence electrons. The lowest BCUT2D eigenvalue weighted by Gasteiger charge is -2.26. The zero-order chi connectivity index (χ0) is 12.3. The van der Waals surface area contributed by atoms with Gasteiger partial charge in [0.1, 0.15) is 4.71 Å². The first-order valence-corrected chi connectivity index (χ1v) is 7.43. The van der Waals surface area contributed by atoms with Crippen LogP contribution in [0.3, 0.4) is 0 Å². The van der Waals surface area contributed by atoms with E-state index in [1.807, 2.05) is 30.0 Å². The second-order valence-corrected chi connectivity index (χ2v) is 6.11. The van der Waals surface area contributed by atoms with Gasteiger partial charge in [0.25, 0.3) is 0 Å². The lowest BCUT2D eigenvalue weighted by Crippen LogP contribution is -2.40. The van der Waals surface area contributed by atoms with E-state index in [4.69, 9.17) is 0 Å². The van der Waals surface area contributed by atoms with Crippen molar-refractivity contribution in [3.63, 3.8) is 0 Å². The number of carbonyl (C=O) groups excluding carboxylic acids is 1. The topological polar surface area (TPSA) is 20.3 Å². The molecule has 0 radical (unpaired) electrons. The van der Waals surface area contributed by atoms with Gasteiger partial charge in [-0.15, -0.1) is 24.4 Å². The monoisotopic (exact) mass is 267 g/mol. The molecule has 17 heavy (non-hydrogen) atoms. The number of carbonyl (C=O) groups is 1. The summed E-state index contributed by atoms with van der Waals surface area (Å²) in [5.74, 6) is 1.19. The summed E-state index contributed by atoms with van der Waals surface area (Å²) in [4.78, 5) is 13.8. The van der Waals surface area contributed by atoms with E-state index in [1.165, 1.54) is 5.56 Å². The number of thiol groups is 1. The molecule has 1 aliphatic heterocycles. The van der Waals surface area contributed by atoms with Crippen molar-refractivity contribution in [2.75, 3.05) is 5.75 Å². The lowest BCUT2D eigenvalue weighted by atomic mass is 10.1. The Labute approximate surface area is 112 Å². The van der Waals surface area contributed by atoms with Gasteiger partial charge in [-0.05, 0) is 12.0 Å². The van der Waals surface area contributed by atoms with Gasteiger partial charge in [-0.25, -0.2) is 0 Å². The van der Waals surface area contributed by atoms with Crippen LogP contribution in [0.5, 0.6) is 0 Å². The van der Waals surface area contributed by atoms with Crippen LogP contribution in [0.4, 0.5) is 0 Å². The van der Waals surface area contributed by atoms with E-state index in [9.17, 15) is 4.79 Å². The zero-order valence-electron chi connectivity index (χ0n) is 9.87. The summed E-state index contributed by atoms with van der Waals surface area (Å²) in [6.07, 6.45) is 1.49. The zero-order valence-corrected chi connectivity index (χ0v) is 11.6. The van der Waals surface area contributed by atoms with E-state index in [0.29, 0.717) is 6.42 Å². The largest absolute Gasteiger partial charge is 0.318 e. The minimum Gasteiger partial charge on any atom is -0.318 e. The van der Waals surface area contributed by atoms with Crippen LogP contribution in [-0.2, 0) is 11.2 Å². The number of hydrogen-bond donors (Lipinski definition) is 1. The number of hydrogen-bond acceptors (Lipinski definition) is 3. The SMILES string of the molecule is CCC(=O)N1C(S)SC[C@@H]1Cc1ccccc1. The summed E-state index contributed by atoms with van der Waals surface area (Å²) in [7, 11) is 0. The van der Waals surface area contributed by atoms with E-state index in [2.05, 4.69) is 24.8 Å². The summed E-state index contributed by atoms with van der Waals surface area (Å²) < 4.78 is 0.0242. The summed E-state index contributed by atoms with van der Waals surface area (Å²) in [5, 5.41) is 0. The molecule has 1 aromatic rings. The van der Waals surface area contributed by atoms with Crippen molar-refractivity contribution in [1.82, 2.24) is 4.90 Å². The molecule has 1 aliphatic rings. The van der Waals surface area contributed by atoms with Gasteiger partial charge in [-0.3, -0.25) is 4.79 Å². The highest BCUT2D eigenvalue weighted by Crippen LogP contribution is 2.33. The fourth-order valence-electron chi connectivity index (χ4n) is 2.09. The van der Waals surface area contributed by atoms with Crippen LogP contribution in [0.15, 0.2) is 30.3 Å². The molecule has 2 nitrogen and oxygen atoms in total. The van der Waals surface area contributed by atoms with Gasteiger partial charge < -0.3 is 4.90 Å². The summed E-state index contributed by atoms with van der Waals surface area (Å²) in [5.41, 5.74) is 1.29. The average molecular weight is 267 g/mol. The molecule has 0 N–H and O–H groups in total. The molecule has 1 unspecified atom stereocenters. The normalized spacial score (nSPS) is 24.0. The Morgan fingerprint density at radius 1 is 1.47 bits per heavy atom. The van der Waals surface area contributed by atoms with Gasteiger partial charge in [0, 0.05) is 18.2 Å². The molecule has 2 rings (SSSR count). The average Bonchev–Trinajstić information content (AvgIpc) is 2.71. The van der Waals surface area contributed by atoms with Crippen LogP contribution >= 0.6 is 24.4 Å². The van der Waals surface area contributed by atoms with Crippen molar-refractivity contribution in [2.24, 2.45) is 0 Å². The molecule has 0 aromatic heterocycles. The first-order valence-electron chi connectivity index (χ1n) is 5.87. The Morgan fingerprint density at radius 3 is 2.82 bits per heavy atom. The van der Waals surface area contributed by atoms with E-state index in [0.717, 1.165) is 12.2 Å². The molecule has 2 atom stereocenters. The molecule has 0 spiro atoms. The predicted molar refractivity (Wildman–Crippen MR) is 76.3 cm³/mol. The van der Waals surface area contributed by atoms with Gasteiger partial charge in [0.2, 0.25) is 5.91 Å². The first-order chi connectivity index (χ1) is 8.22. The van der Waals surface area contributed by atoms with Gasteiger partial charge in [0.15, 0.2) is 0 Å². The van der Waals surface area contributed by atoms with Crippen molar-refractivity contribution in [1.29, 1.82) is 0 Å². The second kappa shape index (κ2) is 5.83. The Bertz CT molecular complexity index is 382. The maximum atomic E-state index is 11.9. The Morgan fingerprint density at radius 2 is 2.18 bits per heavy atom. The maximum absolute atomic E-state index is 11.9. The number of thioether (sulfide) groups is 1. The van der Waals surface area contributed by atoms with Gasteiger partial charge in [0.05, 0.1) is 0 Å². The van der Waals surface area contributed by atoms with Crippen molar-refractivity contribution in [2.45, 2.75) is 30.5 Å². The van der Waals surface area contributed by atoms with Gasteiger partial charge in [-0.1, -0.05) is 37.3 Å².